The number of guanidine groups is 1. The molecule has 2 heterocycles. The van der Waals surface area contributed by atoms with Gasteiger partial charge in [-0.2, -0.15) is 0 Å². The zero-order chi connectivity index (χ0) is 16.3. The van der Waals surface area contributed by atoms with Crippen LogP contribution in [0, 0.1) is 5.41 Å². The van der Waals surface area contributed by atoms with Crippen molar-refractivity contribution < 1.29 is 4.74 Å². The summed E-state index contributed by atoms with van der Waals surface area (Å²) in [6, 6.07) is 5.94. The summed E-state index contributed by atoms with van der Waals surface area (Å²) < 4.78 is 6.61. The van der Waals surface area contributed by atoms with Crippen LogP contribution in [0.5, 0.6) is 0 Å². The number of nitrogens with one attached hydrogen (secondary N) is 1. The molecule has 2 saturated heterocycles. The molecule has 0 amide bonds. The second-order valence-corrected chi connectivity index (χ2v) is 7.70. The van der Waals surface area contributed by atoms with Crippen LogP contribution in [0.2, 0.25) is 5.02 Å². The van der Waals surface area contributed by atoms with E-state index in [4.69, 9.17) is 21.3 Å². The molecular formula is C17H24BrClIN3O. The third-order valence-corrected chi connectivity index (χ3v) is 5.52. The summed E-state index contributed by atoms with van der Waals surface area (Å²) >= 11 is 9.73. The van der Waals surface area contributed by atoms with Crippen LogP contribution in [-0.4, -0.2) is 43.7 Å². The van der Waals surface area contributed by atoms with Gasteiger partial charge in [0.2, 0.25) is 0 Å². The quantitative estimate of drug-likeness (QED) is 0.361. The fourth-order valence-corrected chi connectivity index (χ4v) is 4.06. The van der Waals surface area contributed by atoms with Crippen molar-refractivity contribution in [3.05, 3.63) is 33.3 Å². The van der Waals surface area contributed by atoms with Crippen molar-refractivity contribution in [3.8, 4) is 0 Å². The summed E-state index contributed by atoms with van der Waals surface area (Å²) in [6.45, 7) is 7.43. The number of benzene rings is 1. The van der Waals surface area contributed by atoms with Crippen molar-refractivity contribution in [1.82, 2.24) is 10.2 Å². The Morgan fingerprint density at radius 1 is 1.46 bits per heavy atom. The molecule has 0 radical (unpaired) electrons. The highest BCUT2D eigenvalue weighted by Gasteiger charge is 2.42. The van der Waals surface area contributed by atoms with Gasteiger partial charge in [-0.3, -0.25) is 0 Å². The van der Waals surface area contributed by atoms with Crippen LogP contribution in [0.3, 0.4) is 0 Å². The fourth-order valence-electron chi connectivity index (χ4n) is 3.32. The SMILES string of the molecule is CCNC(=NCc1ccc(Br)cc1Cl)N1CCC2(CCOC2)C1.I. The molecule has 1 aromatic rings. The molecule has 2 fully saturated rings. The maximum Gasteiger partial charge on any atom is 0.194 e. The Balaban J connectivity index is 0.00000208. The second-order valence-electron chi connectivity index (χ2n) is 6.38. The first kappa shape index (κ1) is 20.3. The first-order valence-corrected chi connectivity index (χ1v) is 9.34. The highest BCUT2D eigenvalue weighted by atomic mass is 127. The summed E-state index contributed by atoms with van der Waals surface area (Å²) in [5.74, 6) is 0.982. The van der Waals surface area contributed by atoms with Gasteiger partial charge in [0.05, 0.1) is 13.2 Å². The Hall–Kier alpha value is -0.0500. The van der Waals surface area contributed by atoms with Crippen LogP contribution in [0.25, 0.3) is 0 Å². The predicted octanol–water partition coefficient (Wildman–Crippen LogP) is 4.30. The van der Waals surface area contributed by atoms with Gasteiger partial charge in [-0.25, -0.2) is 4.99 Å². The first-order valence-electron chi connectivity index (χ1n) is 8.17. The van der Waals surface area contributed by atoms with E-state index in [1.807, 2.05) is 18.2 Å². The lowest BCUT2D eigenvalue weighted by Crippen LogP contribution is -2.41. The molecule has 2 aliphatic heterocycles. The van der Waals surface area contributed by atoms with Gasteiger partial charge < -0.3 is 15.0 Å². The average Bonchev–Trinajstić information content (AvgIpc) is 3.16. The molecule has 4 nitrogen and oxygen atoms in total. The minimum absolute atomic E-state index is 0. The van der Waals surface area contributed by atoms with Gasteiger partial charge >= 0.3 is 0 Å². The minimum atomic E-state index is 0. The Morgan fingerprint density at radius 2 is 2.29 bits per heavy atom. The van der Waals surface area contributed by atoms with Crippen LogP contribution in [0.15, 0.2) is 27.7 Å². The molecule has 3 rings (SSSR count). The van der Waals surface area contributed by atoms with Crippen molar-refractivity contribution in [2.24, 2.45) is 10.4 Å². The van der Waals surface area contributed by atoms with Crippen LogP contribution in [0.4, 0.5) is 0 Å². The normalized spacial score (nSPS) is 23.6. The van der Waals surface area contributed by atoms with E-state index in [1.54, 1.807) is 0 Å². The van der Waals surface area contributed by atoms with E-state index in [0.29, 0.717) is 12.0 Å². The summed E-state index contributed by atoms with van der Waals surface area (Å²) in [5, 5.41) is 4.17. The maximum atomic E-state index is 6.30. The predicted molar refractivity (Wildman–Crippen MR) is 113 cm³/mol. The second kappa shape index (κ2) is 9.05. The summed E-state index contributed by atoms with van der Waals surface area (Å²) in [7, 11) is 0. The average molecular weight is 529 g/mol. The van der Waals surface area contributed by atoms with Crippen LogP contribution >= 0.6 is 51.5 Å². The van der Waals surface area contributed by atoms with Crippen molar-refractivity contribution in [3.63, 3.8) is 0 Å². The summed E-state index contributed by atoms with van der Waals surface area (Å²) in [4.78, 5) is 7.17. The number of ether oxygens (including phenoxy) is 1. The van der Waals surface area contributed by atoms with Crippen LogP contribution in [-0.2, 0) is 11.3 Å². The molecule has 0 saturated carbocycles. The van der Waals surface area contributed by atoms with Gasteiger partial charge in [-0.1, -0.05) is 33.6 Å². The molecule has 0 aliphatic carbocycles. The number of halogens is 3. The molecule has 134 valence electrons. The minimum Gasteiger partial charge on any atom is -0.381 e. The lowest BCUT2D eigenvalue weighted by atomic mass is 9.87. The van der Waals surface area contributed by atoms with Crippen molar-refractivity contribution >= 4 is 57.5 Å². The van der Waals surface area contributed by atoms with E-state index in [-0.39, 0.29) is 24.0 Å². The van der Waals surface area contributed by atoms with Gasteiger partial charge in [0.15, 0.2) is 5.96 Å². The molecule has 24 heavy (non-hydrogen) atoms. The van der Waals surface area contributed by atoms with Gasteiger partial charge in [-0.05, 0) is 37.5 Å². The Bertz CT molecular complexity index is 593. The third kappa shape index (κ3) is 4.77. The zero-order valence-corrected chi connectivity index (χ0v) is 18.5. The molecule has 1 N–H and O–H groups in total. The first-order chi connectivity index (χ1) is 11.1. The molecule has 1 aromatic carbocycles. The van der Waals surface area contributed by atoms with E-state index < -0.39 is 0 Å². The number of hydrogen-bond donors (Lipinski definition) is 1. The molecule has 2 aliphatic rings. The number of likely N-dealkylation sites (tertiary alicyclic amines) is 1. The van der Waals surface area contributed by atoms with Crippen LogP contribution < -0.4 is 5.32 Å². The summed E-state index contributed by atoms with van der Waals surface area (Å²) in [5.41, 5.74) is 1.38. The molecule has 0 bridgehead atoms. The lowest BCUT2D eigenvalue weighted by molar-refractivity contribution is 0.156. The molecule has 1 unspecified atom stereocenters. The van der Waals surface area contributed by atoms with Crippen molar-refractivity contribution in [2.75, 3.05) is 32.8 Å². The Labute approximate surface area is 174 Å². The highest BCUT2D eigenvalue weighted by Crippen LogP contribution is 2.38. The molecule has 1 spiro atoms. The van der Waals surface area contributed by atoms with Gasteiger partial charge in [0.25, 0.3) is 0 Å². The monoisotopic (exact) mass is 527 g/mol. The Kier molecular flexibility index (Phi) is 7.64. The molecule has 1 atom stereocenters. The van der Waals surface area contributed by atoms with Gasteiger partial charge in [0.1, 0.15) is 0 Å². The van der Waals surface area contributed by atoms with Gasteiger partial charge in [0, 0.05) is 41.2 Å². The fraction of sp³-hybridized carbons (Fsp3) is 0.588. The van der Waals surface area contributed by atoms with Crippen molar-refractivity contribution in [1.29, 1.82) is 0 Å². The largest absolute Gasteiger partial charge is 0.381 e. The maximum absolute atomic E-state index is 6.30. The standard InChI is InChI=1S/C17H23BrClN3O.HI/c1-2-20-16(21-10-13-3-4-14(18)9-15(13)19)22-7-5-17(11-22)6-8-23-12-17;/h3-4,9H,2,5-8,10-12H2,1H3,(H,20,21);1H. The molecular weight excluding hydrogens is 504 g/mol. The van der Waals surface area contributed by atoms with E-state index in [0.717, 1.165) is 53.9 Å². The number of rotatable bonds is 3. The topological polar surface area (TPSA) is 36.9 Å². The Morgan fingerprint density at radius 3 is 2.96 bits per heavy atom. The number of aliphatic imine (C=N–C) groups is 1. The smallest absolute Gasteiger partial charge is 0.194 e. The highest BCUT2D eigenvalue weighted by molar-refractivity contribution is 14.0. The van der Waals surface area contributed by atoms with E-state index in [2.05, 4.69) is 33.1 Å². The number of hydrogen-bond acceptors (Lipinski definition) is 2. The van der Waals surface area contributed by atoms with E-state index in [9.17, 15) is 0 Å². The van der Waals surface area contributed by atoms with Crippen molar-refractivity contribution in [2.45, 2.75) is 26.3 Å². The third-order valence-electron chi connectivity index (χ3n) is 4.67. The van der Waals surface area contributed by atoms with E-state index >= 15 is 0 Å². The number of nitrogens with zero attached hydrogens (tertiary/aromatic N) is 2. The van der Waals surface area contributed by atoms with Crippen LogP contribution in [0.1, 0.15) is 25.3 Å². The molecule has 0 aromatic heterocycles. The van der Waals surface area contributed by atoms with Gasteiger partial charge in [-0.15, -0.1) is 24.0 Å². The van der Waals surface area contributed by atoms with E-state index in [1.165, 1.54) is 12.8 Å². The lowest BCUT2D eigenvalue weighted by Gasteiger charge is -2.25. The zero-order valence-electron chi connectivity index (χ0n) is 13.9. The molecule has 7 heteroatoms. The summed E-state index contributed by atoms with van der Waals surface area (Å²) in [6.07, 6.45) is 2.36.